The predicted molar refractivity (Wildman–Crippen MR) is 168 cm³/mol. The van der Waals surface area contributed by atoms with Gasteiger partial charge in [-0.05, 0) is 80.6 Å². The van der Waals surface area contributed by atoms with E-state index in [1.165, 1.54) is 4.90 Å². The number of nitrogens with one attached hydrogen (secondary N) is 1. The number of carbonyl (C=O) groups excluding carboxylic acids is 2. The van der Waals surface area contributed by atoms with Crippen LogP contribution in [0, 0.1) is 13.8 Å². The van der Waals surface area contributed by atoms with Crippen LogP contribution in [-0.4, -0.2) is 43.8 Å². The van der Waals surface area contributed by atoms with Gasteiger partial charge in [0.2, 0.25) is 11.8 Å². The molecule has 0 aromatic heterocycles. The highest BCUT2D eigenvalue weighted by Crippen LogP contribution is 2.26. The van der Waals surface area contributed by atoms with Crippen molar-refractivity contribution in [3.8, 4) is 0 Å². The van der Waals surface area contributed by atoms with Crippen LogP contribution in [0.15, 0.2) is 77.7 Å². The Morgan fingerprint density at radius 1 is 0.929 bits per heavy atom. The van der Waals surface area contributed by atoms with E-state index in [9.17, 15) is 18.0 Å². The normalized spacial score (nSPS) is 14.7. The van der Waals surface area contributed by atoms with Gasteiger partial charge in [0.1, 0.15) is 12.6 Å². The lowest BCUT2D eigenvalue weighted by Crippen LogP contribution is -2.54. The Bertz CT molecular complexity index is 1470. The lowest BCUT2D eigenvalue weighted by Gasteiger charge is -2.34. The van der Waals surface area contributed by atoms with Crippen molar-refractivity contribution in [2.24, 2.45) is 0 Å². The molecule has 1 aliphatic carbocycles. The Labute approximate surface area is 254 Å². The molecule has 1 fully saturated rings. The van der Waals surface area contributed by atoms with Crippen molar-refractivity contribution in [1.29, 1.82) is 0 Å². The van der Waals surface area contributed by atoms with Crippen LogP contribution in [-0.2, 0) is 26.2 Å². The summed E-state index contributed by atoms with van der Waals surface area (Å²) in [6.45, 7) is 5.31. The van der Waals surface area contributed by atoms with Gasteiger partial charge in [-0.1, -0.05) is 79.7 Å². The number of nitrogens with zero attached hydrogens (tertiary/aromatic N) is 2. The molecule has 0 aliphatic heterocycles. The smallest absolute Gasteiger partial charge is 0.264 e. The van der Waals surface area contributed by atoms with Crippen LogP contribution < -0.4 is 9.62 Å². The van der Waals surface area contributed by atoms with Crippen molar-refractivity contribution in [3.63, 3.8) is 0 Å². The van der Waals surface area contributed by atoms with E-state index in [0.29, 0.717) is 17.1 Å². The summed E-state index contributed by atoms with van der Waals surface area (Å²) in [6, 6.07) is 20.1. The lowest BCUT2D eigenvalue weighted by atomic mass is 9.95. The summed E-state index contributed by atoms with van der Waals surface area (Å²) in [4.78, 5) is 29.5. The Morgan fingerprint density at radius 2 is 1.60 bits per heavy atom. The Balaban J connectivity index is 1.70. The molecule has 1 saturated carbocycles. The number of amides is 2. The number of rotatable bonds is 11. The fourth-order valence-corrected chi connectivity index (χ4v) is 6.93. The molecule has 42 heavy (non-hydrogen) atoms. The molecule has 7 nitrogen and oxygen atoms in total. The van der Waals surface area contributed by atoms with Crippen molar-refractivity contribution in [2.75, 3.05) is 10.8 Å². The molecular formula is C33H40ClN3O4S. The molecular weight excluding hydrogens is 570 g/mol. The van der Waals surface area contributed by atoms with E-state index in [0.717, 1.165) is 53.1 Å². The topological polar surface area (TPSA) is 86.8 Å². The zero-order valence-corrected chi connectivity index (χ0v) is 26.1. The maximum absolute atomic E-state index is 14.2. The standard InChI is InChI=1S/C33H40ClN3O4S/c1-4-31(33(39)35-28-10-6-5-7-11-28)36(22-26-15-17-27(34)18-16-26)32(38)23-37(29-12-8-9-25(3)21-29)42(40,41)30-19-13-24(2)14-20-30/h8-9,12-21,28,31H,4-7,10-11,22-23H2,1-3H3,(H,35,39)/t31-/m1/s1. The minimum atomic E-state index is -4.10. The number of aryl methyl sites for hydroxylation is 2. The molecule has 2 amide bonds. The van der Waals surface area contributed by atoms with E-state index >= 15 is 0 Å². The van der Waals surface area contributed by atoms with Crippen molar-refractivity contribution in [1.82, 2.24) is 10.2 Å². The third-order valence-corrected chi connectivity index (χ3v) is 9.82. The average Bonchev–Trinajstić information content (AvgIpc) is 2.97. The molecule has 9 heteroatoms. The summed E-state index contributed by atoms with van der Waals surface area (Å²) in [5.41, 5.74) is 2.96. The van der Waals surface area contributed by atoms with Gasteiger partial charge in [0.15, 0.2) is 0 Å². The number of hydrogen-bond donors (Lipinski definition) is 1. The second-order valence-electron chi connectivity index (χ2n) is 11.1. The van der Waals surface area contributed by atoms with Gasteiger partial charge >= 0.3 is 0 Å². The first-order valence-corrected chi connectivity index (χ1v) is 16.4. The molecule has 0 unspecified atom stereocenters. The zero-order valence-electron chi connectivity index (χ0n) is 24.6. The van der Waals surface area contributed by atoms with Crippen LogP contribution in [0.25, 0.3) is 0 Å². The zero-order chi connectivity index (χ0) is 30.3. The third kappa shape index (κ3) is 7.92. The van der Waals surface area contributed by atoms with Gasteiger partial charge in [-0.25, -0.2) is 8.42 Å². The highest BCUT2D eigenvalue weighted by Gasteiger charge is 2.34. The second kappa shape index (κ2) is 14.2. The number of sulfonamides is 1. The molecule has 0 heterocycles. The molecule has 224 valence electrons. The van der Waals surface area contributed by atoms with Crippen molar-refractivity contribution >= 4 is 39.1 Å². The first-order valence-electron chi connectivity index (χ1n) is 14.6. The minimum absolute atomic E-state index is 0.0819. The maximum atomic E-state index is 14.2. The summed E-state index contributed by atoms with van der Waals surface area (Å²) in [6.07, 6.45) is 5.52. The number of benzene rings is 3. The molecule has 3 aromatic rings. The minimum Gasteiger partial charge on any atom is -0.352 e. The number of hydrogen-bond acceptors (Lipinski definition) is 4. The van der Waals surface area contributed by atoms with E-state index in [1.807, 2.05) is 39.0 Å². The summed E-state index contributed by atoms with van der Waals surface area (Å²) in [5, 5.41) is 3.73. The molecule has 1 aliphatic rings. The highest BCUT2D eigenvalue weighted by atomic mass is 35.5. The number of carbonyl (C=O) groups is 2. The molecule has 0 bridgehead atoms. The SMILES string of the molecule is CC[C@H](C(=O)NC1CCCCC1)N(Cc1ccc(Cl)cc1)C(=O)CN(c1cccc(C)c1)S(=O)(=O)c1ccc(C)cc1. The second-order valence-corrected chi connectivity index (χ2v) is 13.4. The van der Waals surface area contributed by atoms with Crippen LogP contribution in [0.5, 0.6) is 0 Å². The number of halogens is 1. The summed E-state index contributed by atoms with van der Waals surface area (Å²) >= 11 is 6.11. The van der Waals surface area contributed by atoms with E-state index < -0.39 is 28.5 Å². The molecule has 4 rings (SSSR count). The van der Waals surface area contributed by atoms with E-state index in [1.54, 1.807) is 54.6 Å². The van der Waals surface area contributed by atoms with E-state index in [-0.39, 0.29) is 23.4 Å². The van der Waals surface area contributed by atoms with Gasteiger partial charge in [0.05, 0.1) is 10.6 Å². The van der Waals surface area contributed by atoms with Gasteiger partial charge in [0, 0.05) is 17.6 Å². The average molecular weight is 610 g/mol. The van der Waals surface area contributed by atoms with Crippen molar-refractivity contribution in [2.45, 2.75) is 82.8 Å². The maximum Gasteiger partial charge on any atom is 0.264 e. The van der Waals surface area contributed by atoms with Gasteiger partial charge in [0.25, 0.3) is 10.0 Å². The fraction of sp³-hybridized carbons (Fsp3) is 0.394. The van der Waals surface area contributed by atoms with Crippen LogP contribution >= 0.6 is 11.6 Å². The highest BCUT2D eigenvalue weighted by molar-refractivity contribution is 7.92. The number of anilines is 1. The van der Waals surface area contributed by atoms with E-state index in [2.05, 4.69) is 5.32 Å². The Kier molecular flexibility index (Phi) is 10.7. The van der Waals surface area contributed by atoms with Crippen LogP contribution in [0.2, 0.25) is 5.02 Å². The quantitative estimate of drug-likeness (QED) is 0.272. The molecule has 3 aromatic carbocycles. The lowest BCUT2D eigenvalue weighted by molar-refractivity contribution is -0.140. The predicted octanol–water partition coefficient (Wildman–Crippen LogP) is 6.41. The molecule has 1 atom stereocenters. The molecule has 1 N–H and O–H groups in total. The van der Waals surface area contributed by atoms with Crippen LogP contribution in [0.4, 0.5) is 5.69 Å². The van der Waals surface area contributed by atoms with Crippen LogP contribution in [0.3, 0.4) is 0 Å². The first kappa shape index (κ1) is 31.6. The summed E-state index contributed by atoms with van der Waals surface area (Å²) in [5.74, 6) is -0.678. The summed E-state index contributed by atoms with van der Waals surface area (Å²) < 4.78 is 29.2. The Morgan fingerprint density at radius 3 is 2.21 bits per heavy atom. The van der Waals surface area contributed by atoms with Gasteiger partial charge in [-0.15, -0.1) is 0 Å². The van der Waals surface area contributed by atoms with Gasteiger partial charge < -0.3 is 10.2 Å². The molecule has 0 radical (unpaired) electrons. The van der Waals surface area contributed by atoms with Crippen molar-refractivity contribution < 1.29 is 18.0 Å². The van der Waals surface area contributed by atoms with Gasteiger partial charge in [-0.3, -0.25) is 13.9 Å². The van der Waals surface area contributed by atoms with Crippen molar-refractivity contribution in [3.05, 3.63) is 94.5 Å². The monoisotopic (exact) mass is 609 g/mol. The third-order valence-electron chi connectivity index (χ3n) is 7.78. The molecule has 0 spiro atoms. The van der Waals surface area contributed by atoms with Gasteiger partial charge in [-0.2, -0.15) is 0 Å². The summed E-state index contributed by atoms with van der Waals surface area (Å²) in [7, 11) is -4.10. The largest absolute Gasteiger partial charge is 0.352 e. The van der Waals surface area contributed by atoms with E-state index in [4.69, 9.17) is 11.6 Å². The molecule has 0 saturated heterocycles. The Hall–Kier alpha value is -3.36. The van der Waals surface area contributed by atoms with Crippen LogP contribution in [0.1, 0.15) is 62.1 Å². The first-order chi connectivity index (χ1) is 20.1. The fourth-order valence-electron chi connectivity index (χ4n) is 5.40.